The van der Waals surface area contributed by atoms with E-state index in [4.69, 9.17) is 33.2 Å². The van der Waals surface area contributed by atoms with E-state index in [0.29, 0.717) is 0 Å². The molecule has 0 N–H and O–H groups in total. The highest BCUT2D eigenvalue weighted by molar-refractivity contribution is 5.08. The second kappa shape index (κ2) is 24.9. The van der Waals surface area contributed by atoms with Gasteiger partial charge in [0.1, 0.15) is 23.7 Å². The van der Waals surface area contributed by atoms with Gasteiger partial charge in [0.05, 0.1) is 28.4 Å². The van der Waals surface area contributed by atoms with E-state index >= 15 is 0 Å². The molecule has 0 saturated carbocycles. The smallest absolute Gasteiger partial charge is 0.162 e. The van der Waals surface area contributed by atoms with E-state index in [1.165, 1.54) is 38.5 Å². The van der Waals surface area contributed by atoms with Crippen LogP contribution in [0.15, 0.2) is 23.0 Å². The van der Waals surface area contributed by atoms with Gasteiger partial charge in [0.25, 0.3) is 0 Å². The third-order valence-electron chi connectivity index (χ3n) is 6.37. The Bertz CT molecular complexity index is 538. The van der Waals surface area contributed by atoms with Crippen molar-refractivity contribution in [2.45, 2.75) is 130 Å². The van der Waals surface area contributed by atoms with Crippen LogP contribution < -0.4 is 0 Å². The standard InChI is InChI=1S/C30H58O7/c1-9-13-15-17-21-27(29(33-7)25(31-5)19-11-3)36-23-35-24-37-28(22-18-16-14-10-2)30(34-8)26(32-6)20-12-4/h27-28H,9-24H2,1-8H3. The maximum absolute atomic E-state index is 6.16. The number of methoxy groups -OCH3 is 4. The predicted molar refractivity (Wildman–Crippen MR) is 150 cm³/mol. The third-order valence-corrected chi connectivity index (χ3v) is 6.37. The highest BCUT2D eigenvalue weighted by Crippen LogP contribution is 2.24. The topological polar surface area (TPSA) is 64.6 Å². The van der Waals surface area contributed by atoms with Gasteiger partial charge in [0.15, 0.2) is 25.1 Å². The molecule has 0 amide bonds. The molecule has 0 aliphatic rings. The van der Waals surface area contributed by atoms with Crippen molar-refractivity contribution in [3.8, 4) is 0 Å². The number of rotatable bonds is 26. The molecule has 0 bridgehead atoms. The summed E-state index contributed by atoms with van der Waals surface area (Å²) in [5.41, 5.74) is 0. The molecule has 0 rings (SSSR count). The van der Waals surface area contributed by atoms with Crippen LogP contribution in [0.1, 0.15) is 118 Å². The molecule has 0 aliphatic carbocycles. The minimum Gasteiger partial charge on any atom is -0.497 e. The fourth-order valence-corrected chi connectivity index (χ4v) is 4.34. The van der Waals surface area contributed by atoms with Gasteiger partial charge in [-0.3, -0.25) is 0 Å². The fourth-order valence-electron chi connectivity index (χ4n) is 4.34. The van der Waals surface area contributed by atoms with Crippen LogP contribution in [0.4, 0.5) is 0 Å². The summed E-state index contributed by atoms with van der Waals surface area (Å²) in [5, 5.41) is 0. The molecule has 0 aliphatic heterocycles. The van der Waals surface area contributed by atoms with Crippen LogP contribution in [0.2, 0.25) is 0 Å². The average molecular weight is 531 g/mol. The summed E-state index contributed by atoms with van der Waals surface area (Å²) >= 11 is 0. The molecule has 7 nitrogen and oxygen atoms in total. The monoisotopic (exact) mass is 530 g/mol. The predicted octanol–water partition coefficient (Wildman–Crippen LogP) is 8.24. The molecule has 0 aromatic heterocycles. The first-order valence-corrected chi connectivity index (χ1v) is 14.5. The number of hydrogen-bond donors (Lipinski definition) is 0. The SMILES string of the molecule is CCCCCCC(OCOCOC(CCCCCC)C(OC)=C(CCC)OC)C(OC)=C(CCC)OC. The Kier molecular flexibility index (Phi) is 23.9. The zero-order valence-electron chi connectivity index (χ0n) is 25.3. The van der Waals surface area contributed by atoms with Crippen LogP contribution in [0, 0.1) is 0 Å². The molecule has 220 valence electrons. The summed E-state index contributed by atoms with van der Waals surface area (Å²) in [7, 11) is 6.75. The summed E-state index contributed by atoms with van der Waals surface area (Å²) in [5.74, 6) is 3.19. The molecule has 0 aromatic carbocycles. The van der Waals surface area contributed by atoms with E-state index in [1.807, 2.05) is 0 Å². The molecular weight excluding hydrogens is 472 g/mol. The minimum absolute atomic E-state index is 0.106. The summed E-state index contributed by atoms with van der Waals surface area (Å²) in [4.78, 5) is 0. The van der Waals surface area contributed by atoms with E-state index in [0.717, 1.165) is 74.4 Å². The molecule has 0 saturated heterocycles. The van der Waals surface area contributed by atoms with E-state index in [-0.39, 0.29) is 25.8 Å². The van der Waals surface area contributed by atoms with Crippen LogP contribution in [0.25, 0.3) is 0 Å². The summed E-state index contributed by atoms with van der Waals surface area (Å²) in [6.45, 7) is 8.89. The van der Waals surface area contributed by atoms with E-state index in [9.17, 15) is 0 Å². The molecule has 2 atom stereocenters. The van der Waals surface area contributed by atoms with E-state index < -0.39 is 0 Å². The van der Waals surface area contributed by atoms with Crippen molar-refractivity contribution in [1.29, 1.82) is 0 Å². The van der Waals surface area contributed by atoms with Gasteiger partial charge in [-0.25, -0.2) is 0 Å². The first-order chi connectivity index (χ1) is 18.1. The zero-order chi connectivity index (χ0) is 27.7. The lowest BCUT2D eigenvalue weighted by Crippen LogP contribution is -2.24. The number of unbranched alkanes of at least 4 members (excludes halogenated alkanes) is 6. The Morgan fingerprint density at radius 2 is 0.892 bits per heavy atom. The highest BCUT2D eigenvalue weighted by atomic mass is 16.7. The zero-order valence-corrected chi connectivity index (χ0v) is 25.3. The average Bonchev–Trinajstić information content (AvgIpc) is 2.91. The van der Waals surface area contributed by atoms with Crippen LogP contribution in [0.3, 0.4) is 0 Å². The fraction of sp³-hybridized carbons (Fsp3) is 0.867. The van der Waals surface area contributed by atoms with Crippen LogP contribution in [-0.2, 0) is 33.2 Å². The Balaban J connectivity index is 5.23. The largest absolute Gasteiger partial charge is 0.497 e. The van der Waals surface area contributed by atoms with Crippen molar-refractivity contribution in [2.24, 2.45) is 0 Å². The first kappa shape index (κ1) is 35.6. The van der Waals surface area contributed by atoms with E-state index in [2.05, 4.69) is 27.7 Å². The van der Waals surface area contributed by atoms with E-state index in [1.54, 1.807) is 28.4 Å². The second-order valence-electron chi connectivity index (χ2n) is 9.34. The Morgan fingerprint density at radius 1 is 0.486 bits per heavy atom. The van der Waals surface area contributed by atoms with Gasteiger partial charge in [-0.15, -0.1) is 0 Å². The van der Waals surface area contributed by atoms with Gasteiger partial charge in [0, 0.05) is 12.8 Å². The molecular formula is C30H58O7. The van der Waals surface area contributed by atoms with Crippen molar-refractivity contribution >= 4 is 0 Å². The Hall–Kier alpha value is -1.44. The molecule has 0 aromatic rings. The molecule has 0 radical (unpaired) electrons. The lowest BCUT2D eigenvalue weighted by molar-refractivity contribution is -0.166. The lowest BCUT2D eigenvalue weighted by atomic mass is 10.1. The molecule has 0 spiro atoms. The summed E-state index contributed by atoms with van der Waals surface area (Å²) in [6.07, 6.45) is 14.1. The Labute approximate surface area is 228 Å². The quantitative estimate of drug-likeness (QED) is 0.0634. The van der Waals surface area contributed by atoms with Crippen molar-refractivity contribution in [3.05, 3.63) is 23.0 Å². The van der Waals surface area contributed by atoms with Gasteiger partial charge < -0.3 is 33.2 Å². The van der Waals surface area contributed by atoms with Gasteiger partial charge in [-0.2, -0.15) is 0 Å². The number of allylic oxidation sites excluding steroid dienone is 2. The highest BCUT2D eigenvalue weighted by Gasteiger charge is 2.23. The summed E-state index contributed by atoms with van der Waals surface area (Å²) < 4.78 is 40.9. The second-order valence-corrected chi connectivity index (χ2v) is 9.34. The maximum Gasteiger partial charge on any atom is 0.162 e. The number of ether oxygens (including phenoxy) is 7. The Morgan fingerprint density at radius 3 is 1.19 bits per heavy atom. The normalized spacial score (nSPS) is 14.5. The maximum atomic E-state index is 6.16. The number of hydrogen-bond acceptors (Lipinski definition) is 7. The van der Waals surface area contributed by atoms with Crippen molar-refractivity contribution in [2.75, 3.05) is 42.0 Å². The molecule has 37 heavy (non-hydrogen) atoms. The molecule has 2 unspecified atom stereocenters. The van der Waals surface area contributed by atoms with Crippen molar-refractivity contribution in [3.63, 3.8) is 0 Å². The van der Waals surface area contributed by atoms with Crippen LogP contribution in [-0.4, -0.2) is 54.2 Å². The van der Waals surface area contributed by atoms with Gasteiger partial charge in [-0.1, -0.05) is 79.1 Å². The van der Waals surface area contributed by atoms with Crippen LogP contribution in [0.5, 0.6) is 0 Å². The molecule has 7 heteroatoms. The summed E-state index contributed by atoms with van der Waals surface area (Å²) in [6, 6.07) is 0. The van der Waals surface area contributed by atoms with Crippen molar-refractivity contribution < 1.29 is 33.2 Å². The van der Waals surface area contributed by atoms with Crippen molar-refractivity contribution in [1.82, 2.24) is 0 Å². The van der Waals surface area contributed by atoms with Gasteiger partial charge in [0.2, 0.25) is 0 Å². The first-order valence-electron chi connectivity index (χ1n) is 14.5. The third kappa shape index (κ3) is 15.5. The molecule has 0 fully saturated rings. The van der Waals surface area contributed by atoms with Crippen LogP contribution >= 0.6 is 0 Å². The lowest BCUT2D eigenvalue weighted by Gasteiger charge is -2.24. The minimum atomic E-state index is -0.215. The van der Waals surface area contributed by atoms with Gasteiger partial charge >= 0.3 is 0 Å². The van der Waals surface area contributed by atoms with Gasteiger partial charge in [-0.05, 0) is 25.7 Å². The molecule has 0 heterocycles.